The lowest BCUT2D eigenvalue weighted by Gasteiger charge is -2.30. The molecule has 2 aromatic rings. The second kappa shape index (κ2) is 9.01. The summed E-state index contributed by atoms with van der Waals surface area (Å²) in [5, 5.41) is 1.30. The van der Waals surface area contributed by atoms with Crippen LogP contribution in [0.25, 0.3) is 0 Å². The zero-order valence-corrected chi connectivity index (χ0v) is 19.1. The fourth-order valence-electron chi connectivity index (χ4n) is 3.34. The molecule has 0 aliphatic carbocycles. The van der Waals surface area contributed by atoms with Crippen molar-refractivity contribution in [3.63, 3.8) is 0 Å². The Kier molecular flexibility index (Phi) is 6.95. The Labute approximate surface area is 203 Å². The van der Waals surface area contributed by atoms with E-state index in [1.54, 1.807) is 0 Å². The van der Waals surface area contributed by atoms with E-state index in [0.717, 1.165) is 31.2 Å². The summed E-state index contributed by atoms with van der Waals surface area (Å²) in [7, 11) is 0. The highest BCUT2D eigenvalue weighted by Gasteiger charge is 2.65. The van der Waals surface area contributed by atoms with Crippen LogP contribution in [-0.2, 0) is 27.9 Å². The first-order valence-electron chi connectivity index (χ1n) is 9.23. The minimum atomic E-state index is -5.20. The van der Waals surface area contributed by atoms with Gasteiger partial charge in [0.05, 0.1) is 27.2 Å². The second-order valence-electron chi connectivity index (χ2n) is 7.28. The number of alkyl halides is 6. The van der Waals surface area contributed by atoms with Crippen LogP contribution in [0.4, 0.5) is 36.8 Å². The maximum atomic E-state index is 14.2. The minimum absolute atomic E-state index is 0.227. The van der Waals surface area contributed by atoms with Gasteiger partial charge >= 0.3 is 18.4 Å². The number of ether oxygens (including phenoxy) is 1. The van der Waals surface area contributed by atoms with E-state index >= 15 is 0 Å². The number of hydrogen-bond acceptors (Lipinski definition) is 3. The number of nitrogens with one attached hydrogen (secondary N) is 1. The van der Waals surface area contributed by atoms with Gasteiger partial charge in [-0.25, -0.2) is 4.79 Å². The number of amides is 2. The predicted octanol–water partition coefficient (Wildman–Crippen LogP) is 6.72. The number of anilines is 1. The van der Waals surface area contributed by atoms with Crippen LogP contribution in [0.2, 0.25) is 15.1 Å². The Hall–Kier alpha value is -2.37. The van der Waals surface area contributed by atoms with Crippen molar-refractivity contribution in [3.8, 4) is 0 Å². The summed E-state index contributed by atoms with van der Waals surface area (Å²) >= 11 is 17.5. The fraction of sp³-hybridized carbons (Fsp3) is 0.300. The highest BCUT2D eigenvalue weighted by Crippen LogP contribution is 2.50. The van der Waals surface area contributed by atoms with Gasteiger partial charge in [-0.05, 0) is 29.8 Å². The highest BCUT2D eigenvalue weighted by atomic mass is 35.5. The zero-order valence-electron chi connectivity index (χ0n) is 16.9. The summed E-state index contributed by atoms with van der Waals surface area (Å²) < 4.78 is 88.1. The van der Waals surface area contributed by atoms with Gasteiger partial charge in [0.2, 0.25) is 5.91 Å². The largest absolute Gasteiger partial charge is 0.434 e. The minimum Gasteiger partial charge on any atom is -0.426 e. The lowest BCUT2D eigenvalue weighted by Crippen LogP contribution is -2.46. The fourth-order valence-corrected chi connectivity index (χ4v) is 3.94. The molecule has 3 rings (SSSR count). The average molecular weight is 550 g/mol. The van der Waals surface area contributed by atoms with Crippen molar-refractivity contribution in [2.75, 3.05) is 11.4 Å². The lowest BCUT2D eigenvalue weighted by molar-refractivity contribution is -0.250. The summed E-state index contributed by atoms with van der Waals surface area (Å²) in [4.78, 5) is 24.0. The van der Waals surface area contributed by atoms with Crippen molar-refractivity contribution in [3.05, 3.63) is 62.1 Å². The van der Waals surface area contributed by atoms with E-state index in [0.29, 0.717) is 11.0 Å². The third-order valence-corrected chi connectivity index (χ3v) is 6.21. The van der Waals surface area contributed by atoms with Gasteiger partial charge in [0.25, 0.3) is 5.60 Å². The van der Waals surface area contributed by atoms with Gasteiger partial charge in [0.15, 0.2) is 0 Å². The molecule has 184 valence electrons. The number of carbonyl (C=O) groups excluding carboxylic acids is 2. The van der Waals surface area contributed by atoms with Gasteiger partial charge < -0.3 is 10.1 Å². The number of halogens is 9. The molecule has 1 aliphatic heterocycles. The molecule has 0 aromatic heterocycles. The molecular formula is C20H13Cl3F6N2O3. The van der Waals surface area contributed by atoms with Crippen LogP contribution < -0.4 is 10.2 Å². The van der Waals surface area contributed by atoms with E-state index in [4.69, 9.17) is 39.5 Å². The van der Waals surface area contributed by atoms with Crippen LogP contribution in [-0.4, -0.2) is 24.7 Å². The van der Waals surface area contributed by atoms with Crippen molar-refractivity contribution in [1.29, 1.82) is 0 Å². The SMILES string of the molecule is CC(=O)NCc1ccc(N2CC(c3cc(Cl)c(Cl)c(Cl)c3)(C(F)(F)F)OC2=O)cc1C(F)(F)F. The van der Waals surface area contributed by atoms with E-state index in [-0.39, 0.29) is 20.6 Å². The molecule has 0 radical (unpaired) electrons. The summed E-state index contributed by atoms with van der Waals surface area (Å²) in [6.07, 6.45) is -11.7. The Morgan fingerprint density at radius 2 is 1.68 bits per heavy atom. The normalized spacial score (nSPS) is 18.8. The van der Waals surface area contributed by atoms with Crippen LogP contribution in [0.1, 0.15) is 23.6 Å². The van der Waals surface area contributed by atoms with Gasteiger partial charge in [-0.1, -0.05) is 40.9 Å². The van der Waals surface area contributed by atoms with E-state index in [1.165, 1.54) is 0 Å². The van der Waals surface area contributed by atoms with Crippen molar-refractivity contribution in [1.82, 2.24) is 5.32 Å². The van der Waals surface area contributed by atoms with Crippen molar-refractivity contribution in [2.45, 2.75) is 31.4 Å². The molecule has 5 nitrogen and oxygen atoms in total. The third kappa shape index (κ3) is 4.87. The van der Waals surface area contributed by atoms with Crippen LogP contribution in [0.15, 0.2) is 30.3 Å². The average Bonchev–Trinajstić information content (AvgIpc) is 3.08. The molecule has 1 atom stereocenters. The molecule has 1 fully saturated rings. The molecule has 0 spiro atoms. The van der Waals surface area contributed by atoms with Crippen LogP contribution in [0, 0.1) is 0 Å². The molecule has 0 bridgehead atoms. The van der Waals surface area contributed by atoms with Crippen molar-refractivity contribution in [2.24, 2.45) is 0 Å². The monoisotopic (exact) mass is 548 g/mol. The first-order valence-corrected chi connectivity index (χ1v) is 10.4. The Morgan fingerprint density at radius 3 is 2.18 bits per heavy atom. The van der Waals surface area contributed by atoms with Crippen LogP contribution in [0.5, 0.6) is 0 Å². The topological polar surface area (TPSA) is 58.6 Å². The third-order valence-electron chi connectivity index (χ3n) is 5.01. The van der Waals surface area contributed by atoms with Crippen LogP contribution >= 0.6 is 34.8 Å². The molecule has 2 aromatic carbocycles. The summed E-state index contributed by atoms with van der Waals surface area (Å²) in [5.41, 5.74) is -6.03. The molecule has 1 unspecified atom stereocenters. The molecule has 1 heterocycles. The van der Waals surface area contributed by atoms with Gasteiger partial charge in [-0.15, -0.1) is 0 Å². The van der Waals surface area contributed by atoms with Gasteiger partial charge in [0.1, 0.15) is 0 Å². The van der Waals surface area contributed by atoms with Crippen molar-refractivity contribution < 1.29 is 40.7 Å². The van der Waals surface area contributed by atoms with Gasteiger partial charge in [-0.2, -0.15) is 26.3 Å². The maximum Gasteiger partial charge on any atom is 0.434 e. The molecule has 1 aliphatic rings. The summed E-state index contributed by atoms with van der Waals surface area (Å²) in [6, 6.07) is 4.11. The number of benzene rings is 2. The van der Waals surface area contributed by atoms with Gasteiger partial charge in [0, 0.05) is 24.7 Å². The maximum absolute atomic E-state index is 14.2. The smallest absolute Gasteiger partial charge is 0.426 e. The number of rotatable bonds is 4. The van der Waals surface area contributed by atoms with E-state index < -0.39 is 59.9 Å². The zero-order chi connectivity index (χ0) is 25.6. The molecule has 1 saturated heterocycles. The standard InChI is InChI=1S/C20H13Cl3F6N2O3/c1-9(32)30-7-10-2-3-12(6-13(10)19(24,25)26)31-8-18(20(27,28)29,34-17(31)33)11-4-14(21)16(23)15(22)5-11/h2-6H,7-8H2,1H3,(H,30,32). The number of carbonyl (C=O) groups is 2. The highest BCUT2D eigenvalue weighted by molar-refractivity contribution is 6.48. The van der Waals surface area contributed by atoms with Crippen molar-refractivity contribution >= 4 is 52.5 Å². The summed E-state index contributed by atoms with van der Waals surface area (Å²) in [5.74, 6) is -0.587. The predicted molar refractivity (Wildman–Crippen MR) is 112 cm³/mol. The number of cyclic esters (lactones) is 1. The second-order valence-corrected chi connectivity index (χ2v) is 8.47. The molecule has 14 heteroatoms. The quantitative estimate of drug-likeness (QED) is 0.340. The molecule has 2 amide bonds. The Bertz CT molecular complexity index is 1130. The molecular weight excluding hydrogens is 537 g/mol. The van der Waals surface area contributed by atoms with Gasteiger partial charge in [-0.3, -0.25) is 9.69 Å². The molecule has 0 saturated carbocycles. The molecule has 1 N–H and O–H groups in total. The summed E-state index contributed by atoms with van der Waals surface area (Å²) in [6.45, 7) is -0.594. The number of hydrogen-bond donors (Lipinski definition) is 1. The first kappa shape index (κ1) is 26.2. The number of nitrogens with zero attached hydrogens (tertiary/aromatic N) is 1. The van der Waals surface area contributed by atoms with E-state index in [9.17, 15) is 35.9 Å². The van der Waals surface area contributed by atoms with E-state index in [1.807, 2.05) is 0 Å². The lowest BCUT2D eigenvalue weighted by atomic mass is 9.92. The van der Waals surface area contributed by atoms with Crippen LogP contribution in [0.3, 0.4) is 0 Å². The Morgan fingerprint density at radius 1 is 1.09 bits per heavy atom. The molecule has 34 heavy (non-hydrogen) atoms. The first-order chi connectivity index (χ1) is 15.6. The Balaban J connectivity index is 2.09. The van der Waals surface area contributed by atoms with E-state index in [2.05, 4.69) is 5.32 Å².